The third kappa shape index (κ3) is 6.29. The van der Waals surface area contributed by atoms with Crippen LogP contribution in [0.15, 0.2) is 6.20 Å². The molecule has 2 fully saturated rings. The molecule has 146 valence electrons. The van der Waals surface area contributed by atoms with Crippen LogP contribution in [0.2, 0.25) is 0 Å². The van der Waals surface area contributed by atoms with Gasteiger partial charge in [-0.1, -0.05) is 6.92 Å². The summed E-state index contributed by atoms with van der Waals surface area (Å²) in [5, 5.41) is 14.8. The van der Waals surface area contributed by atoms with Crippen LogP contribution in [-0.4, -0.2) is 52.2 Å². The van der Waals surface area contributed by atoms with E-state index < -0.39 is 11.9 Å². The van der Waals surface area contributed by atoms with E-state index >= 15 is 0 Å². The molecule has 1 aromatic rings. The molecule has 0 aromatic carbocycles. The first kappa shape index (κ1) is 21.9. The van der Waals surface area contributed by atoms with Gasteiger partial charge in [0.15, 0.2) is 0 Å². The lowest BCUT2D eigenvalue weighted by Crippen LogP contribution is -2.25. The Hall–Kier alpha value is -2.15. The number of carbonyl (C=O) groups is 2. The lowest BCUT2D eigenvalue weighted by molar-refractivity contribution is -0.135. The summed E-state index contributed by atoms with van der Waals surface area (Å²) < 4.78 is 5.47. The number of hydrogen-bond donors (Lipinski definition) is 2. The zero-order valence-corrected chi connectivity index (χ0v) is 16.5. The number of carboxylic acids is 2. The molecular weight excluding hydrogens is 336 g/mol. The number of methoxy groups -OCH3 is 1. The number of pyridine rings is 1. The Balaban J connectivity index is 0.000000360. The number of ether oxygens (including phenoxy) is 1. The molecule has 0 bridgehead atoms. The number of aryl methyl sites for hydroxylation is 1. The number of aromatic nitrogens is 1. The van der Waals surface area contributed by atoms with Crippen LogP contribution in [0, 0.1) is 25.2 Å². The van der Waals surface area contributed by atoms with Crippen molar-refractivity contribution in [3.63, 3.8) is 0 Å². The summed E-state index contributed by atoms with van der Waals surface area (Å²) in [6.07, 6.45) is 3.35. The first-order chi connectivity index (χ1) is 12.0. The first-order valence-electron chi connectivity index (χ1n) is 8.60. The fourth-order valence-corrected chi connectivity index (χ4v) is 3.43. The summed E-state index contributed by atoms with van der Waals surface area (Å²) in [6.45, 7) is 12.2. The van der Waals surface area contributed by atoms with Crippen LogP contribution in [0.5, 0.6) is 5.75 Å². The third-order valence-electron chi connectivity index (χ3n) is 4.72. The molecule has 0 spiro atoms. The zero-order valence-electron chi connectivity index (χ0n) is 16.5. The number of hydrogen-bond acceptors (Lipinski definition) is 5. The highest BCUT2D eigenvalue weighted by Crippen LogP contribution is 2.57. The van der Waals surface area contributed by atoms with Crippen LogP contribution in [0.1, 0.15) is 44.0 Å². The van der Waals surface area contributed by atoms with Crippen molar-refractivity contribution in [2.75, 3.05) is 20.2 Å². The van der Waals surface area contributed by atoms with E-state index in [-0.39, 0.29) is 0 Å². The van der Waals surface area contributed by atoms with Gasteiger partial charge in [-0.2, -0.15) is 0 Å². The van der Waals surface area contributed by atoms with Crippen molar-refractivity contribution in [1.82, 2.24) is 9.88 Å². The maximum atomic E-state index is 9.00. The molecule has 0 amide bonds. The van der Waals surface area contributed by atoms with Gasteiger partial charge in [0.2, 0.25) is 0 Å². The van der Waals surface area contributed by atoms with Gasteiger partial charge in [0, 0.05) is 50.8 Å². The van der Waals surface area contributed by atoms with E-state index in [1.807, 2.05) is 6.20 Å². The normalized spacial score (nSPS) is 22.9. The first-order valence-corrected chi connectivity index (χ1v) is 8.60. The smallest absolute Gasteiger partial charge is 0.300 e. The zero-order chi connectivity index (χ0) is 20.1. The van der Waals surface area contributed by atoms with E-state index in [9.17, 15) is 0 Å². The van der Waals surface area contributed by atoms with Crippen LogP contribution in [0.4, 0.5) is 0 Å². The Morgan fingerprint density at radius 1 is 1.31 bits per heavy atom. The highest BCUT2D eigenvalue weighted by atomic mass is 16.5. The topological polar surface area (TPSA) is 100.0 Å². The monoisotopic (exact) mass is 366 g/mol. The van der Waals surface area contributed by atoms with Gasteiger partial charge < -0.3 is 14.9 Å². The molecule has 1 aromatic heterocycles. The Labute approximate surface area is 155 Å². The Morgan fingerprint density at radius 3 is 2.27 bits per heavy atom. The van der Waals surface area contributed by atoms with E-state index in [0.717, 1.165) is 37.6 Å². The summed E-state index contributed by atoms with van der Waals surface area (Å²) in [7, 11) is 1.74. The molecule has 2 N–H and O–H groups in total. The molecule has 0 radical (unpaired) electrons. The van der Waals surface area contributed by atoms with Gasteiger partial charge in [0.25, 0.3) is 11.9 Å². The number of piperidine rings is 1. The van der Waals surface area contributed by atoms with Crippen molar-refractivity contribution in [1.29, 1.82) is 0 Å². The molecule has 1 aliphatic carbocycles. The van der Waals surface area contributed by atoms with Crippen molar-refractivity contribution in [2.24, 2.45) is 11.3 Å². The van der Waals surface area contributed by atoms with Crippen molar-refractivity contribution in [3.05, 3.63) is 23.0 Å². The summed E-state index contributed by atoms with van der Waals surface area (Å²) in [4.78, 5) is 25.1. The molecule has 1 saturated heterocycles. The Bertz CT molecular complexity index is 642. The molecule has 26 heavy (non-hydrogen) atoms. The number of nitrogens with zero attached hydrogens (tertiary/aromatic N) is 2. The van der Waals surface area contributed by atoms with Crippen LogP contribution in [0.3, 0.4) is 0 Å². The molecule has 2 heterocycles. The predicted octanol–water partition coefficient (Wildman–Crippen LogP) is 2.73. The van der Waals surface area contributed by atoms with Gasteiger partial charge in [-0.25, -0.2) is 0 Å². The SMILES string of the molecule is CC(=O)O.CC(=O)O.COc1c(C)cnc(CN2CC3CC3(C)C2)c1C. The van der Waals surface area contributed by atoms with Gasteiger partial charge in [-0.15, -0.1) is 0 Å². The molecule has 1 aliphatic heterocycles. The van der Waals surface area contributed by atoms with Gasteiger partial charge in [-0.05, 0) is 31.6 Å². The van der Waals surface area contributed by atoms with Gasteiger partial charge in [0.1, 0.15) is 5.75 Å². The third-order valence-corrected chi connectivity index (χ3v) is 4.72. The van der Waals surface area contributed by atoms with E-state index in [1.54, 1.807) is 7.11 Å². The minimum atomic E-state index is -0.833. The summed E-state index contributed by atoms with van der Waals surface area (Å²) in [5.74, 6) is 0.265. The number of carboxylic acid groups (broad SMARTS) is 2. The van der Waals surface area contributed by atoms with E-state index in [1.165, 1.54) is 30.8 Å². The van der Waals surface area contributed by atoms with Crippen molar-refractivity contribution in [2.45, 2.75) is 47.6 Å². The second-order valence-corrected chi connectivity index (χ2v) is 7.31. The average Bonchev–Trinajstić information content (AvgIpc) is 3.00. The minimum Gasteiger partial charge on any atom is -0.496 e. The second kappa shape index (κ2) is 8.98. The number of likely N-dealkylation sites (tertiary alicyclic amines) is 1. The minimum absolute atomic E-state index is 0.614. The van der Waals surface area contributed by atoms with E-state index in [0.29, 0.717) is 5.41 Å². The maximum Gasteiger partial charge on any atom is 0.300 e. The summed E-state index contributed by atoms with van der Waals surface area (Å²) >= 11 is 0. The van der Waals surface area contributed by atoms with Crippen LogP contribution >= 0.6 is 0 Å². The fourth-order valence-electron chi connectivity index (χ4n) is 3.43. The number of fused-ring (bicyclic) bond motifs is 1. The van der Waals surface area contributed by atoms with E-state index in [2.05, 4.69) is 30.7 Å². The molecule has 1 saturated carbocycles. The van der Waals surface area contributed by atoms with Crippen molar-refractivity contribution < 1.29 is 24.5 Å². The van der Waals surface area contributed by atoms with Gasteiger partial charge >= 0.3 is 0 Å². The maximum absolute atomic E-state index is 9.00. The van der Waals surface area contributed by atoms with E-state index in [4.69, 9.17) is 24.5 Å². The predicted molar refractivity (Wildman–Crippen MR) is 98.4 cm³/mol. The lowest BCUT2D eigenvalue weighted by atomic mass is 10.1. The largest absolute Gasteiger partial charge is 0.496 e. The standard InChI is InChI=1S/C15H22N2O.2C2H4O2/c1-10-6-16-13(11(2)14(10)18-4)8-17-7-12-5-15(12,3)9-17;2*1-2(3)4/h6,12H,5,7-9H2,1-4H3;2*1H3,(H,3,4). The number of aliphatic carboxylic acids is 2. The molecular formula is C19H30N2O5. The van der Waals surface area contributed by atoms with Crippen LogP contribution in [-0.2, 0) is 16.1 Å². The lowest BCUT2D eigenvalue weighted by Gasteiger charge is -2.20. The molecule has 2 atom stereocenters. The van der Waals surface area contributed by atoms with Crippen LogP contribution in [0.25, 0.3) is 0 Å². The highest BCUT2D eigenvalue weighted by molar-refractivity contribution is 5.63. The van der Waals surface area contributed by atoms with Crippen LogP contribution < -0.4 is 4.74 Å². The fraction of sp³-hybridized carbons (Fsp3) is 0.632. The molecule has 7 nitrogen and oxygen atoms in total. The Morgan fingerprint density at radius 2 is 1.85 bits per heavy atom. The molecule has 2 aliphatic rings. The average molecular weight is 366 g/mol. The molecule has 2 unspecified atom stereocenters. The summed E-state index contributed by atoms with van der Waals surface area (Å²) in [5.41, 5.74) is 4.10. The van der Waals surface area contributed by atoms with Gasteiger partial charge in [0.05, 0.1) is 12.8 Å². The second-order valence-electron chi connectivity index (χ2n) is 7.31. The highest BCUT2D eigenvalue weighted by Gasteiger charge is 2.55. The summed E-state index contributed by atoms with van der Waals surface area (Å²) in [6, 6.07) is 0. The van der Waals surface area contributed by atoms with Gasteiger partial charge in [-0.3, -0.25) is 19.5 Å². The van der Waals surface area contributed by atoms with Crippen molar-refractivity contribution in [3.8, 4) is 5.75 Å². The molecule has 3 rings (SSSR count). The number of rotatable bonds is 3. The van der Waals surface area contributed by atoms with Crippen molar-refractivity contribution >= 4 is 11.9 Å². The molecule has 7 heteroatoms. The Kier molecular flexibility index (Phi) is 7.56. The quantitative estimate of drug-likeness (QED) is 0.848.